The summed E-state index contributed by atoms with van der Waals surface area (Å²) < 4.78 is 35.1. The zero-order valence-electron chi connectivity index (χ0n) is 15.9. The lowest BCUT2D eigenvalue weighted by Crippen LogP contribution is -2.42. The maximum absolute atomic E-state index is 12.3. The van der Waals surface area contributed by atoms with Gasteiger partial charge >= 0.3 is 6.09 Å². The van der Waals surface area contributed by atoms with E-state index in [0.29, 0.717) is 6.42 Å². The molecule has 7 heteroatoms. The van der Waals surface area contributed by atoms with E-state index in [1.165, 1.54) is 0 Å². The zero-order valence-corrected chi connectivity index (χ0v) is 16.8. The highest BCUT2D eigenvalue weighted by molar-refractivity contribution is 7.86. The molecule has 0 aromatic heterocycles. The van der Waals surface area contributed by atoms with Gasteiger partial charge in [-0.2, -0.15) is 8.42 Å². The molecule has 0 saturated heterocycles. The zero-order chi connectivity index (χ0) is 19.4. The van der Waals surface area contributed by atoms with Crippen molar-refractivity contribution in [1.29, 1.82) is 0 Å². The molecule has 1 N–H and O–H groups in total. The van der Waals surface area contributed by atoms with Gasteiger partial charge in [0, 0.05) is 6.04 Å². The second-order valence-electron chi connectivity index (χ2n) is 7.93. The smallest absolute Gasteiger partial charge is 0.407 e. The highest BCUT2D eigenvalue weighted by Gasteiger charge is 2.27. The second kappa shape index (κ2) is 8.39. The molecule has 1 amide bonds. The summed E-state index contributed by atoms with van der Waals surface area (Å²) in [5.41, 5.74) is 0.455. The Labute approximate surface area is 156 Å². The number of aryl methyl sites for hydroxylation is 1. The Balaban J connectivity index is 1.86. The van der Waals surface area contributed by atoms with Crippen molar-refractivity contribution >= 4 is 16.2 Å². The number of benzene rings is 1. The van der Waals surface area contributed by atoms with Gasteiger partial charge in [-0.05, 0) is 65.0 Å². The fourth-order valence-electron chi connectivity index (χ4n) is 3.01. The molecular weight excluding hydrogens is 354 g/mol. The standard InChI is InChI=1S/C19H29NO5S/c1-14-8-10-17(11-9-14)26(22,23)24-13-15-6-5-7-16(12-15)20-18(21)25-19(2,3)4/h8-11,15-16H,5-7,12-13H2,1-4H3,(H,20,21)/t15-,16+/m1/s1. The molecular formula is C19H29NO5S. The predicted octanol–water partition coefficient (Wildman–Crippen LogP) is 3.78. The molecule has 1 aliphatic rings. The van der Waals surface area contributed by atoms with Gasteiger partial charge in [-0.3, -0.25) is 4.18 Å². The highest BCUT2D eigenvalue weighted by atomic mass is 32.2. The lowest BCUT2D eigenvalue weighted by molar-refractivity contribution is 0.0478. The van der Waals surface area contributed by atoms with Gasteiger partial charge in [0.15, 0.2) is 0 Å². The molecule has 1 aromatic carbocycles. The summed E-state index contributed by atoms with van der Waals surface area (Å²) in [7, 11) is -3.75. The van der Waals surface area contributed by atoms with Gasteiger partial charge in [-0.15, -0.1) is 0 Å². The van der Waals surface area contributed by atoms with E-state index in [-0.39, 0.29) is 23.5 Å². The first-order chi connectivity index (χ1) is 12.0. The van der Waals surface area contributed by atoms with Crippen LogP contribution in [0, 0.1) is 12.8 Å². The Morgan fingerprint density at radius 2 is 1.85 bits per heavy atom. The van der Waals surface area contributed by atoms with Crippen LogP contribution in [0.1, 0.15) is 52.0 Å². The van der Waals surface area contributed by atoms with E-state index in [4.69, 9.17) is 8.92 Å². The Morgan fingerprint density at radius 1 is 1.19 bits per heavy atom. The number of hydrogen-bond donors (Lipinski definition) is 1. The van der Waals surface area contributed by atoms with Crippen molar-refractivity contribution in [3.63, 3.8) is 0 Å². The molecule has 1 aromatic rings. The normalized spacial score (nSPS) is 21.2. The molecule has 1 fully saturated rings. The first-order valence-electron chi connectivity index (χ1n) is 9.01. The highest BCUT2D eigenvalue weighted by Crippen LogP contribution is 2.26. The van der Waals surface area contributed by atoms with Crippen molar-refractivity contribution in [3.05, 3.63) is 29.8 Å². The average molecular weight is 384 g/mol. The number of amides is 1. The van der Waals surface area contributed by atoms with Crippen LogP contribution in [0.5, 0.6) is 0 Å². The van der Waals surface area contributed by atoms with Crippen molar-refractivity contribution in [2.75, 3.05) is 6.61 Å². The fourth-order valence-corrected chi connectivity index (χ4v) is 3.98. The van der Waals surface area contributed by atoms with E-state index >= 15 is 0 Å². The molecule has 2 atom stereocenters. The molecule has 0 radical (unpaired) electrons. The first kappa shape index (κ1) is 20.7. The lowest BCUT2D eigenvalue weighted by Gasteiger charge is -2.30. The van der Waals surface area contributed by atoms with Crippen molar-refractivity contribution < 1.29 is 22.1 Å². The summed E-state index contributed by atoms with van der Waals surface area (Å²) in [6, 6.07) is 6.58. The minimum absolute atomic E-state index is 0.0192. The Hall–Kier alpha value is -1.60. The summed E-state index contributed by atoms with van der Waals surface area (Å²) in [5, 5.41) is 2.87. The van der Waals surface area contributed by atoms with Gasteiger partial charge in [0.2, 0.25) is 0 Å². The summed E-state index contributed by atoms with van der Waals surface area (Å²) in [5.74, 6) is 0.0870. The number of nitrogens with one attached hydrogen (secondary N) is 1. The third kappa shape index (κ3) is 6.61. The minimum atomic E-state index is -3.75. The number of hydrogen-bond acceptors (Lipinski definition) is 5. The van der Waals surface area contributed by atoms with Gasteiger partial charge in [-0.1, -0.05) is 24.1 Å². The summed E-state index contributed by atoms with van der Waals surface area (Å²) in [4.78, 5) is 12.1. The van der Waals surface area contributed by atoms with Crippen LogP contribution in [0.25, 0.3) is 0 Å². The molecule has 1 aliphatic carbocycles. The van der Waals surface area contributed by atoms with Crippen molar-refractivity contribution in [2.24, 2.45) is 5.92 Å². The van der Waals surface area contributed by atoms with Gasteiger partial charge in [0.05, 0.1) is 11.5 Å². The maximum Gasteiger partial charge on any atom is 0.407 e. The van der Waals surface area contributed by atoms with Crippen LogP contribution < -0.4 is 5.32 Å². The van der Waals surface area contributed by atoms with Crippen molar-refractivity contribution in [2.45, 2.75) is 69.9 Å². The van der Waals surface area contributed by atoms with Crippen LogP contribution in [0.2, 0.25) is 0 Å². The molecule has 146 valence electrons. The van der Waals surface area contributed by atoms with E-state index in [2.05, 4.69) is 5.32 Å². The number of alkyl carbamates (subject to hydrolysis) is 1. The first-order valence-corrected chi connectivity index (χ1v) is 10.4. The molecule has 0 aliphatic heterocycles. The van der Waals surface area contributed by atoms with E-state index in [9.17, 15) is 13.2 Å². The van der Waals surface area contributed by atoms with Gasteiger partial charge < -0.3 is 10.1 Å². The third-order valence-corrected chi connectivity index (χ3v) is 5.57. The molecule has 0 unspecified atom stereocenters. The summed E-state index contributed by atoms with van der Waals surface area (Å²) >= 11 is 0. The summed E-state index contributed by atoms with van der Waals surface area (Å²) in [6.07, 6.45) is 2.91. The van der Waals surface area contributed by atoms with E-state index < -0.39 is 21.8 Å². The lowest BCUT2D eigenvalue weighted by atomic mass is 9.86. The van der Waals surface area contributed by atoms with Crippen LogP contribution in [-0.2, 0) is 19.0 Å². The van der Waals surface area contributed by atoms with Crippen LogP contribution >= 0.6 is 0 Å². The SMILES string of the molecule is Cc1ccc(S(=O)(=O)OC[C@@H]2CCC[C@H](NC(=O)OC(C)(C)C)C2)cc1. The van der Waals surface area contributed by atoms with Crippen LogP contribution in [0.4, 0.5) is 4.79 Å². The van der Waals surface area contributed by atoms with Crippen LogP contribution in [0.3, 0.4) is 0 Å². The van der Waals surface area contributed by atoms with Crippen molar-refractivity contribution in [1.82, 2.24) is 5.32 Å². The largest absolute Gasteiger partial charge is 0.444 e. The number of carbonyl (C=O) groups excluding carboxylic acids is 1. The van der Waals surface area contributed by atoms with Crippen molar-refractivity contribution in [3.8, 4) is 0 Å². The van der Waals surface area contributed by atoms with E-state index in [0.717, 1.165) is 24.8 Å². The molecule has 0 heterocycles. The quantitative estimate of drug-likeness (QED) is 0.783. The maximum atomic E-state index is 12.3. The molecule has 0 bridgehead atoms. The van der Waals surface area contributed by atoms with Crippen LogP contribution in [0.15, 0.2) is 29.2 Å². The number of carbonyl (C=O) groups is 1. The van der Waals surface area contributed by atoms with Gasteiger partial charge in [0.25, 0.3) is 10.1 Å². The summed E-state index contributed by atoms with van der Waals surface area (Å²) in [6.45, 7) is 7.49. The number of ether oxygens (including phenoxy) is 1. The molecule has 26 heavy (non-hydrogen) atoms. The monoisotopic (exact) mass is 383 g/mol. The van der Waals surface area contributed by atoms with Gasteiger partial charge in [-0.25, -0.2) is 4.79 Å². The third-order valence-electron chi connectivity index (χ3n) is 4.27. The topological polar surface area (TPSA) is 81.7 Å². The van der Waals surface area contributed by atoms with Crippen LogP contribution in [-0.4, -0.2) is 32.8 Å². The number of rotatable bonds is 5. The molecule has 0 spiro atoms. The van der Waals surface area contributed by atoms with E-state index in [1.54, 1.807) is 24.3 Å². The second-order valence-corrected chi connectivity index (χ2v) is 9.54. The van der Waals surface area contributed by atoms with Gasteiger partial charge in [0.1, 0.15) is 5.60 Å². The molecule has 1 saturated carbocycles. The fraction of sp³-hybridized carbons (Fsp3) is 0.632. The Bertz CT molecular complexity index is 706. The molecule has 6 nitrogen and oxygen atoms in total. The Kier molecular flexibility index (Phi) is 6.69. The minimum Gasteiger partial charge on any atom is -0.444 e. The predicted molar refractivity (Wildman–Crippen MR) is 99.4 cm³/mol. The van der Waals surface area contributed by atoms with E-state index in [1.807, 2.05) is 27.7 Å². The Morgan fingerprint density at radius 3 is 2.46 bits per heavy atom. The molecule has 2 rings (SSSR count). The average Bonchev–Trinajstić information content (AvgIpc) is 2.52.